The molecule has 8 nitrogen and oxygen atoms in total. The molecule has 1 aliphatic rings. The number of sulfonamides is 1. The Bertz CT molecular complexity index is 873. The number of thioether (sulfide) groups is 1. The van der Waals surface area contributed by atoms with Gasteiger partial charge in [0.05, 0.1) is 10.6 Å². The van der Waals surface area contributed by atoms with E-state index >= 15 is 0 Å². The monoisotopic (exact) mass is 381 g/mol. The Morgan fingerprint density at radius 3 is 2.56 bits per heavy atom. The number of hydrogen-bond acceptors (Lipinski definition) is 6. The van der Waals surface area contributed by atoms with E-state index in [2.05, 4.69) is 20.1 Å². The van der Waals surface area contributed by atoms with Crippen LogP contribution in [-0.4, -0.2) is 34.8 Å². The summed E-state index contributed by atoms with van der Waals surface area (Å²) >= 11 is 1.35. The highest BCUT2D eigenvalue weighted by Gasteiger charge is 2.29. The van der Waals surface area contributed by atoms with Gasteiger partial charge in [-0.2, -0.15) is 0 Å². The Morgan fingerprint density at radius 1 is 1.32 bits per heavy atom. The summed E-state index contributed by atoms with van der Waals surface area (Å²) in [5.74, 6) is 0.951. The molecular formula is C15H19N5O3S2. The maximum absolute atomic E-state index is 12.1. The van der Waals surface area contributed by atoms with Gasteiger partial charge in [0.15, 0.2) is 5.16 Å². The molecule has 1 amide bonds. The van der Waals surface area contributed by atoms with Gasteiger partial charge in [0.1, 0.15) is 5.82 Å². The first-order valence-electron chi connectivity index (χ1n) is 7.87. The minimum Gasteiger partial charge on any atom is -0.325 e. The lowest BCUT2D eigenvalue weighted by atomic mass is 10.3. The molecule has 0 bridgehead atoms. The van der Waals surface area contributed by atoms with Crippen LogP contribution in [0.3, 0.4) is 0 Å². The molecule has 25 heavy (non-hydrogen) atoms. The van der Waals surface area contributed by atoms with Crippen LogP contribution >= 0.6 is 11.8 Å². The van der Waals surface area contributed by atoms with Crippen molar-refractivity contribution in [2.24, 2.45) is 5.14 Å². The Hall–Kier alpha value is -1.91. The molecule has 0 atom stereocenters. The largest absolute Gasteiger partial charge is 0.325 e. The van der Waals surface area contributed by atoms with Gasteiger partial charge in [0.25, 0.3) is 0 Å². The zero-order valence-corrected chi connectivity index (χ0v) is 15.3. The molecule has 2 aromatic rings. The van der Waals surface area contributed by atoms with Crippen molar-refractivity contribution in [2.45, 2.75) is 42.3 Å². The van der Waals surface area contributed by atoms with Crippen molar-refractivity contribution in [3.05, 3.63) is 30.1 Å². The number of carbonyl (C=O) groups excluding carboxylic acids is 1. The molecule has 0 unspecified atom stereocenters. The second-order valence-electron chi connectivity index (χ2n) is 5.76. The number of aromatic nitrogens is 3. The van der Waals surface area contributed by atoms with Crippen molar-refractivity contribution < 1.29 is 13.2 Å². The van der Waals surface area contributed by atoms with E-state index in [-0.39, 0.29) is 16.6 Å². The summed E-state index contributed by atoms with van der Waals surface area (Å²) in [5, 5.41) is 16.9. The van der Waals surface area contributed by atoms with Crippen molar-refractivity contribution in [1.82, 2.24) is 14.8 Å². The maximum Gasteiger partial charge on any atom is 0.238 e. The van der Waals surface area contributed by atoms with Gasteiger partial charge in [-0.05, 0) is 37.1 Å². The van der Waals surface area contributed by atoms with Crippen LogP contribution in [0.4, 0.5) is 5.69 Å². The maximum atomic E-state index is 12.1. The van der Waals surface area contributed by atoms with Crippen LogP contribution in [0.2, 0.25) is 0 Å². The average Bonchev–Trinajstić information content (AvgIpc) is 3.32. The minimum absolute atomic E-state index is 0.00417. The highest BCUT2D eigenvalue weighted by molar-refractivity contribution is 7.99. The second kappa shape index (κ2) is 7.14. The zero-order valence-electron chi connectivity index (χ0n) is 13.7. The number of hydrogen-bond donors (Lipinski definition) is 2. The van der Waals surface area contributed by atoms with Crippen LogP contribution in [0, 0.1) is 0 Å². The predicted molar refractivity (Wildman–Crippen MR) is 94.8 cm³/mol. The van der Waals surface area contributed by atoms with Crippen LogP contribution in [0.15, 0.2) is 34.3 Å². The molecule has 1 saturated carbocycles. The molecule has 3 rings (SSSR count). The van der Waals surface area contributed by atoms with Crippen LogP contribution in [0.1, 0.15) is 31.6 Å². The Labute approximate surface area is 150 Å². The SMILES string of the molecule is CCc1nnc(SCC(=O)Nc2ccc(S(N)(=O)=O)cc2)n1C1CC1. The predicted octanol–water partition coefficient (Wildman–Crippen LogP) is 1.55. The summed E-state index contributed by atoms with van der Waals surface area (Å²) < 4.78 is 24.6. The smallest absolute Gasteiger partial charge is 0.238 e. The van der Waals surface area contributed by atoms with E-state index in [1.54, 1.807) is 0 Å². The van der Waals surface area contributed by atoms with E-state index in [1.165, 1.54) is 36.0 Å². The summed E-state index contributed by atoms with van der Waals surface area (Å²) in [7, 11) is -3.74. The molecule has 0 saturated heterocycles. The molecule has 1 fully saturated rings. The molecule has 10 heteroatoms. The second-order valence-corrected chi connectivity index (χ2v) is 8.26. The summed E-state index contributed by atoms with van der Waals surface area (Å²) in [6.45, 7) is 2.04. The van der Waals surface area contributed by atoms with Crippen molar-refractivity contribution in [3.8, 4) is 0 Å². The molecular weight excluding hydrogens is 362 g/mol. The van der Waals surface area contributed by atoms with Gasteiger partial charge in [-0.1, -0.05) is 18.7 Å². The number of nitrogens with one attached hydrogen (secondary N) is 1. The first kappa shape index (κ1) is 17.9. The molecule has 1 heterocycles. The molecule has 1 aliphatic carbocycles. The molecule has 0 aliphatic heterocycles. The quantitative estimate of drug-likeness (QED) is 0.702. The number of rotatable bonds is 7. The fraction of sp³-hybridized carbons (Fsp3) is 0.400. The van der Waals surface area contributed by atoms with Gasteiger partial charge >= 0.3 is 0 Å². The molecule has 3 N–H and O–H groups in total. The van der Waals surface area contributed by atoms with Gasteiger partial charge < -0.3 is 9.88 Å². The number of nitrogens with zero attached hydrogens (tertiary/aromatic N) is 3. The Kier molecular flexibility index (Phi) is 5.11. The summed E-state index contributed by atoms with van der Waals surface area (Å²) in [4.78, 5) is 12.1. The van der Waals surface area contributed by atoms with Gasteiger partial charge in [-0.25, -0.2) is 13.6 Å². The Morgan fingerprint density at radius 2 is 2.00 bits per heavy atom. The van der Waals surface area contributed by atoms with Gasteiger partial charge in [0.2, 0.25) is 15.9 Å². The van der Waals surface area contributed by atoms with Crippen molar-refractivity contribution >= 4 is 33.4 Å². The number of carbonyl (C=O) groups is 1. The Balaban J connectivity index is 1.59. The molecule has 0 radical (unpaired) electrons. The van der Waals surface area contributed by atoms with Crippen molar-refractivity contribution in [1.29, 1.82) is 0 Å². The van der Waals surface area contributed by atoms with Crippen LogP contribution in [-0.2, 0) is 21.2 Å². The zero-order chi connectivity index (χ0) is 18.0. The van der Waals surface area contributed by atoms with Gasteiger partial charge in [0, 0.05) is 18.2 Å². The summed E-state index contributed by atoms with van der Waals surface area (Å²) in [6, 6.07) is 6.18. The summed E-state index contributed by atoms with van der Waals surface area (Å²) in [6.07, 6.45) is 3.06. The third-order valence-electron chi connectivity index (χ3n) is 3.76. The molecule has 1 aromatic heterocycles. The van der Waals surface area contributed by atoms with E-state index in [0.29, 0.717) is 11.7 Å². The van der Waals surface area contributed by atoms with Crippen molar-refractivity contribution in [3.63, 3.8) is 0 Å². The third kappa shape index (κ3) is 4.39. The number of anilines is 1. The van der Waals surface area contributed by atoms with E-state index < -0.39 is 10.0 Å². The minimum atomic E-state index is -3.74. The molecule has 1 aromatic carbocycles. The lowest BCUT2D eigenvalue weighted by molar-refractivity contribution is -0.113. The normalized spacial score (nSPS) is 14.5. The lowest BCUT2D eigenvalue weighted by Crippen LogP contribution is -2.15. The first-order valence-corrected chi connectivity index (χ1v) is 10.4. The third-order valence-corrected chi connectivity index (χ3v) is 5.63. The number of nitrogens with two attached hydrogens (primary N) is 1. The highest BCUT2D eigenvalue weighted by Crippen LogP contribution is 2.38. The molecule has 134 valence electrons. The van der Waals surface area contributed by atoms with E-state index in [9.17, 15) is 13.2 Å². The topological polar surface area (TPSA) is 120 Å². The average molecular weight is 381 g/mol. The van der Waals surface area contributed by atoms with Crippen LogP contribution in [0.25, 0.3) is 0 Å². The fourth-order valence-electron chi connectivity index (χ4n) is 2.40. The first-order chi connectivity index (χ1) is 11.9. The van der Waals surface area contributed by atoms with Gasteiger partial charge in [-0.3, -0.25) is 4.79 Å². The summed E-state index contributed by atoms with van der Waals surface area (Å²) in [5.41, 5.74) is 0.510. The van der Waals surface area contributed by atoms with E-state index in [4.69, 9.17) is 5.14 Å². The number of amides is 1. The van der Waals surface area contributed by atoms with Crippen LogP contribution in [0.5, 0.6) is 0 Å². The fourth-order valence-corrected chi connectivity index (χ4v) is 3.74. The number of primary sulfonamides is 1. The lowest BCUT2D eigenvalue weighted by Gasteiger charge is -2.08. The number of aryl methyl sites for hydroxylation is 1. The standard InChI is InChI=1S/C15H19N5O3S2/c1-2-13-18-19-15(20(13)11-5-6-11)24-9-14(21)17-10-3-7-12(8-4-10)25(16,22)23/h3-4,7-8,11H,2,5-6,9H2,1H3,(H,17,21)(H2,16,22,23). The van der Waals surface area contributed by atoms with Crippen LogP contribution < -0.4 is 10.5 Å². The van der Waals surface area contributed by atoms with Crippen molar-refractivity contribution in [2.75, 3.05) is 11.1 Å². The molecule has 0 spiro atoms. The van der Waals surface area contributed by atoms with E-state index in [1.807, 2.05) is 6.92 Å². The number of benzene rings is 1. The van der Waals surface area contributed by atoms with E-state index in [0.717, 1.165) is 30.2 Å². The highest BCUT2D eigenvalue weighted by atomic mass is 32.2. The van der Waals surface area contributed by atoms with Gasteiger partial charge in [-0.15, -0.1) is 10.2 Å².